The van der Waals surface area contributed by atoms with Gasteiger partial charge in [-0.2, -0.15) is 0 Å². The van der Waals surface area contributed by atoms with Crippen molar-refractivity contribution < 1.29 is 23.9 Å². The second-order valence-corrected chi connectivity index (χ2v) is 8.93. The average molecular weight is 486 g/mol. The van der Waals surface area contributed by atoms with Gasteiger partial charge in [0.2, 0.25) is 0 Å². The van der Waals surface area contributed by atoms with Crippen molar-refractivity contribution >= 4 is 78.8 Å². The van der Waals surface area contributed by atoms with Crippen LogP contribution in [0.15, 0.2) is 18.2 Å². The molecule has 0 aliphatic rings. The van der Waals surface area contributed by atoms with Gasteiger partial charge in [0, 0.05) is 15.1 Å². The van der Waals surface area contributed by atoms with Gasteiger partial charge in [0.25, 0.3) is 5.91 Å². The highest BCUT2D eigenvalue weighted by atomic mass is 35.5. The number of halogens is 2. The first kappa shape index (κ1) is 22.6. The molecule has 30 heavy (non-hydrogen) atoms. The number of anilines is 1. The van der Waals surface area contributed by atoms with Crippen LogP contribution in [0.5, 0.6) is 0 Å². The van der Waals surface area contributed by atoms with Crippen molar-refractivity contribution in [1.29, 1.82) is 0 Å². The first-order valence-corrected chi connectivity index (χ1v) is 11.3. The summed E-state index contributed by atoms with van der Waals surface area (Å²) in [5, 5.41) is 4.43. The van der Waals surface area contributed by atoms with Crippen molar-refractivity contribution in [3.05, 3.63) is 49.1 Å². The number of carbonyl (C=O) groups is 3. The number of hydrogen-bond donors (Lipinski definition) is 1. The maximum absolute atomic E-state index is 13.0. The van der Waals surface area contributed by atoms with Crippen molar-refractivity contribution in [2.75, 3.05) is 18.5 Å². The quantitative estimate of drug-likeness (QED) is 0.421. The first-order valence-electron chi connectivity index (χ1n) is 8.94. The van der Waals surface area contributed by atoms with E-state index >= 15 is 0 Å². The summed E-state index contributed by atoms with van der Waals surface area (Å²) >= 11 is 14.6. The zero-order chi connectivity index (χ0) is 22.0. The number of thiophene rings is 2. The molecule has 0 aliphatic carbocycles. The Morgan fingerprint density at radius 3 is 2.33 bits per heavy atom. The summed E-state index contributed by atoms with van der Waals surface area (Å²) < 4.78 is 10.9. The highest BCUT2D eigenvalue weighted by Crippen LogP contribution is 2.39. The van der Waals surface area contributed by atoms with Gasteiger partial charge < -0.3 is 14.8 Å². The molecule has 3 aromatic rings. The van der Waals surface area contributed by atoms with Gasteiger partial charge in [0.15, 0.2) is 0 Å². The van der Waals surface area contributed by atoms with Gasteiger partial charge in [-0.15, -0.1) is 22.7 Å². The molecular formula is C20H17Cl2NO5S2. The van der Waals surface area contributed by atoms with Crippen molar-refractivity contribution in [3.63, 3.8) is 0 Å². The van der Waals surface area contributed by atoms with Gasteiger partial charge >= 0.3 is 11.9 Å². The fourth-order valence-corrected chi connectivity index (χ4v) is 5.56. The smallest absolute Gasteiger partial charge is 0.348 e. The maximum Gasteiger partial charge on any atom is 0.348 e. The molecule has 2 aromatic heterocycles. The monoisotopic (exact) mass is 485 g/mol. The minimum atomic E-state index is -0.633. The topological polar surface area (TPSA) is 81.7 Å². The van der Waals surface area contributed by atoms with Crippen LogP contribution in [0.3, 0.4) is 0 Å². The molecule has 0 atom stereocenters. The van der Waals surface area contributed by atoms with E-state index in [0.717, 1.165) is 16.0 Å². The predicted octanol–water partition coefficient (Wildman–Crippen LogP) is 6.18. The molecule has 0 saturated carbocycles. The summed E-state index contributed by atoms with van der Waals surface area (Å²) in [6, 6.07) is 5.16. The molecule has 10 heteroatoms. The van der Waals surface area contributed by atoms with Crippen LogP contribution in [0.1, 0.15) is 49.1 Å². The van der Waals surface area contributed by atoms with E-state index in [-0.39, 0.29) is 33.5 Å². The third-order valence-electron chi connectivity index (χ3n) is 4.11. The number of ether oxygens (including phenoxy) is 2. The molecule has 0 spiro atoms. The molecule has 6 nitrogen and oxygen atoms in total. The van der Waals surface area contributed by atoms with Crippen molar-refractivity contribution in [2.45, 2.75) is 20.8 Å². The standard InChI is InChI=1S/C20H17Cl2NO5S2/c1-4-27-19(25)13-9(3)15(20(26)28-5-2)30-18(13)23-17(24)16-14(22)11-7-6-10(21)8-12(11)29-16/h6-8H,4-5H2,1-3H3,(H,23,24). The van der Waals surface area contributed by atoms with Gasteiger partial charge in [-0.05, 0) is 38.5 Å². The lowest BCUT2D eigenvalue weighted by atomic mass is 10.1. The Hall–Kier alpha value is -2.13. The molecular weight excluding hydrogens is 469 g/mol. The number of nitrogens with one attached hydrogen (secondary N) is 1. The van der Waals surface area contributed by atoms with E-state index < -0.39 is 17.8 Å². The lowest BCUT2D eigenvalue weighted by Gasteiger charge is -2.06. The summed E-state index contributed by atoms with van der Waals surface area (Å²) in [7, 11) is 0. The summed E-state index contributed by atoms with van der Waals surface area (Å²) in [6.45, 7) is 5.31. The van der Waals surface area contributed by atoms with Gasteiger partial charge in [-0.25, -0.2) is 9.59 Å². The molecule has 1 aromatic carbocycles. The Morgan fingerprint density at radius 1 is 1.00 bits per heavy atom. The van der Waals surface area contributed by atoms with E-state index in [1.807, 2.05) is 0 Å². The summed E-state index contributed by atoms with van der Waals surface area (Å²) in [4.78, 5) is 38.2. The number of fused-ring (bicyclic) bond motifs is 1. The molecule has 0 aliphatic heterocycles. The van der Waals surface area contributed by atoms with Crippen LogP contribution in [0.4, 0.5) is 5.00 Å². The Balaban J connectivity index is 2.01. The van der Waals surface area contributed by atoms with Gasteiger partial charge in [-0.1, -0.05) is 29.3 Å². The fourth-order valence-electron chi connectivity index (χ4n) is 2.79. The second-order valence-electron chi connectivity index (χ2n) is 6.04. The zero-order valence-electron chi connectivity index (χ0n) is 16.3. The molecule has 1 amide bonds. The van der Waals surface area contributed by atoms with E-state index in [0.29, 0.717) is 21.0 Å². The Morgan fingerprint density at radius 2 is 1.67 bits per heavy atom. The number of rotatable bonds is 6. The summed E-state index contributed by atoms with van der Waals surface area (Å²) in [5.74, 6) is -1.70. The maximum atomic E-state index is 13.0. The zero-order valence-corrected chi connectivity index (χ0v) is 19.4. The predicted molar refractivity (Wildman–Crippen MR) is 121 cm³/mol. The molecule has 0 radical (unpaired) electrons. The van der Waals surface area contributed by atoms with Crippen molar-refractivity contribution in [1.82, 2.24) is 0 Å². The minimum absolute atomic E-state index is 0.124. The molecule has 0 bridgehead atoms. The Bertz CT molecular complexity index is 1150. The number of hydrogen-bond acceptors (Lipinski definition) is 7. The van der Waals surface area contributed by atoms with Gasteiger partial charge in [0.1, 0.15) is 14.8 Å². The number of esters is 2. The van der Waals surface area contributed by atoms with Crippen LogP contribution < -0.4 is 5.32 Å². The summed E-state index contributed by atoms with van der Waals surface area (Å²) in [6.07, 6.45) is 0. The SMILES string of the molecule is CCOC(=O)c1sc(NC(=O)c2sc3cc(Cl)ccc3c2Cl)c(C(=O)OCC)c1C. The molecule has 3 rings (SSSR count). The third kappa shape index (κ3) is 4.32. The summed E-state index contributed by atoms with van der Waals surface area (Å²) in [5.41, 5.74) is 0.514. The van der Waals surface area contributed by atoms with Crippen LogP contribution in [0.2, 0.25) is 10.0 Å². The number of carbonyl (C=O) groups excluding carboxylic acids is 3. The van der Waals surface area contributed by atoms with E-state index in [9.17, 15) is 14.4 Å². The van der Waals surface area contributed by atoms with E-state index in [4.69, 9.17) is 32.7 Å². The van der Waals surface area contributed by atoms with Crippen LogP contribution in [-0.4, -0.2) is 31.1 Å². The second kappa shape index (κ2) is 9.34. The molecule has 158 valence electrons. The highest BCUT2D eigenvalue weighted by molar-refractivity contribution is 7.22. The van der Waals surface area contributed by atoms with E-state index in [2.05, 4.69) is 5.32 Å². The molecule has 1 N–H and O–H groups in total. The average Bonchev–Trinajstić information content (AvgIpc) is 3.19. The van der Waals surface area contributed by atoms with Crippen LogP contribution in [0.25, 0.3) is 10.1 Å². The molecule has 2 heterocycles. The Labute approximate surface area is 190 Å². The largest absolute Gasteiger partial charge is 0.462 e. The minimum Gasteiger partial charge on any atom is -0.462 e. The van der Waals surface area contributed by atoms with Crippen LogP contribution >= 0.6 is 45.9 Å². The van der Waals surface area contributed by atoms with Crippen molar-refractivity contribution in [2.24, 2.45) is 0 Å². The normalized spacial score (nSPS) is 10.8. The van der Waals surface area contributed by atoms with Gasteiger partial charge in [0.05, 0.1) is 23.8 Å². The van der Waals surface area contributed by atoms with E-state index in [1.165, 1.54) is 11.3 Å². The van der Waals surface area contributed by atoms with Crippen molar-refractivity contribution in [3.8, 4) is 0 Å². The molecule has 0 fully saturated rings. The first-order chi connectivity index (χ1) is 14.3. The number of amides is 1. The highest BCUT2D eigenvalue weighted by Gasteiger charge is 2.28. The molecule has 0 unspecified atom stereocenters. The van der Waals surface area contributed by atoms with Crippen LogP contribution in [-0.2, 0) is 9.47 Å². The number of benzene rings is 1. The molecule has 0 saturated heterocycles. The fraction of sp³-hybridized carbons (Fsp3) is 0.250. The van der Waals surface area contributed by atoms with Crippen LogP contribution in [0, 0.1) is 6.92 Å². The lowest BCUT2D eigenvalue weighted by molar-refractivity contribution is 0.0527. The Kier molecular flexibility index (Phi) is 7.02. The third-order valence-corrected chi connectivity index (χ3v) is 7.19. The van der Waals surface area contributed by atoms with Gasteiger partial charge in [-0.3, -0.25) is 4.79 Å². The van der Waals surface area contributed by atoms with E-state index in [1.54, 1.807) is 39.0 Å². The lowest BCUT2D eigenvalue weighted by Crippen LogP contribution is -2.14.